The second kappa shape index (κ2) is 11.7. The lowest BCUT2D eigenvalue weighted by Crippen LogP contribution is -2.47. The lowest BCUT2D eigenvalue weighted by molar-refractivity contribution is 0.0867. The summed E-state index contributed by atoms with van der Waals surface area (Å²) >= 11 is 2.12. The number of hydrogen-bond donors (Lipinski definition) is 1. The van der Waals surface area contributed by atoms with E-state index >= 15 is 0 Å². The number of amides is 2. The quantitative estimate of drug-likeness (QED) is 0.245. The SMILES string of the molecule is Cc1ccc(C)c(CN2C(=O)c3occc3Nc3ccc(C(=O)N(I)CCN4CCN(C5=CC=CC5)CC4)cc32)c1. The standard InChI is InChI=1S/C32H34IN5O3/c1-22-7-8-23(2)25(19-22)21-37-29-20-24(9-10-27(29)34-28-11-18-41-30(28)32(37)40)31(39)38(33)17-14-35-12-15-36(16-13-35)26-5-3-4-6-26/h3-5,7-11,18-20,34H,6,12-17,21H2,1-2H3. The number of fused-ring (bicyclic) bond motifs is 2. The Morgan fingerprint density at radius 2 is 1.88 bits per heavy atom. The normalized spacial score (nSPS) is 16.7. The monoisotopic (exact) mass is 663 g/mol. The number of anilines is 3. The number of aryl methyl sites for hydroxylation is 2. The van der Waals surface area contributed by atoms with Crippen LogP contribution in [0.4, 0.5) is 17.1 Å². The van der Waals surface area contributed by atoms with Crippen LogP contribution in [0.15, 0.2) is 77.1 Å². The zero-order valence-corrected chi connectivity index (χ0v) is 25.6. The highest BCUT2D eigenvalue weighted by Crippen LogP contribution is 2.38. The van der Waals surface area contributed by atoms with Gasteiger partial charge < -0.3 is 14.6 Å². The Labute approximate surface area is 254 Å². The van der Waals surface area contributed by atoms with E-state index in [0.29, 0.717) is 30.0 Å². The molecule has 1 saturated heterocycles. The Bertz CT molecular complexity index is 1540. The van der Waals surface area contributed by atoms with Gasteiger partial charge >= 0.3 is 0 Å². The number of piperazine rings is 1. The highest BCUT2D eigenvalue weighted by Gasteiger charge is 2.31. The molecule has 1 aromatic heterocycles. The van der Waals surface area contributed by atoms with Crippen molar-refractivity contribution in [1.29, 1.82) is 0 Å². The third kappa shape index (κ3) is 5.78. The maximum absolute atomic E-state index is 13.7. The largest absolute Gasteiger partial charge is 0.457 e. The molecule has 3 aromatic rings. The lowest BCUT2D eigenvalue weighted by Gasteiger charge is -2.37. The van der Waals surface area contributed by atoms with Crippen molar-refractivity contribution in [2.24, 2.45) is 0 Å². The second-order valence-corrected chi connectivity index (χ2v) is 12.0. The molecular weight excluding hydrogens is 629 g/mol. The first-order valence-corrected chi connectivity index (χ1v) is 15.0. The van der Waals surface area contributed by atoms with Gasteiger partial charge in [-0.05, 0) is 49.2 Å². The minimum absolute atomic E-state index is 0.0748. The zero-order chi connectivity index (χ0) is 28.5. The van der Waals surface area contributed by atoms with Crippen LogP contribution in [0, 0.1) is 13.8 Å². The van der Waals surface area contributed by atoms with Crippen molar-refractivity contribution < 1.29 is 14.0 Å². The molecule has 3 heterocycles. The van der Waals surface area contributed by atoms with E-state index in [4.69, 9.17) is 4.42 Å². The van der Waals surface area contributed by atoms with Gasteiger partial charge in [0, 0.05) is 63.0 Å². The first-order chi connectivity index (χ1) is 19.9. The number of halogens is 1. The summed E-state index contributed by atoms with van der Waals surface area (Å²) in [6, 6.07) is 13.5. The van der Waals surface area contributed by atoms with Gasteiger partial charge in [0.15, 0.2) is 0 Å². The molecule has 2 aromatic carbocycles. The highest BCUT2D eigenvalue weighted by atomic mass is 127. The molecule has 9 heteroatoms. The summed E-state index contributed by atoms with van der Waals surface area (Å²) in [5.74, 6) is -0.0545. The van der Waals surface area contributed by atoms with Crippen LogP contribution in [0.25, 0.3) is 0 Å². The molecule has 0 saturated carbocycles. The Hall–Kier alpha value is -3.57. The first kappa shape index (κ1) is 27.6. The van der Waals surface area contributed by atoms with Crippen molar-refractivity contribution in [3.05, 3.63) is 101 Å². The number of nitrogens with one attached hydrogen (secondary N) is 1. The molecule has 0 atom stereocenters. The van der Waals surface area contributed by atoms with E-state index in [1.807, 2.05) is 32.0 Å². The molecule has 3 aliphatic rings. The van der Waals surface area contributed by atoms with Crippen molar-refractivity contribution in [3.8, 4) is 0 Å². The van der Waals surface area contributed by atoms with E-state index in [9.17, 15) is 9.59 Å². The number of furan rings is 1. The summed E-state index contributed by atoms with van der Waals surface area (Å²) < 4.78 is 7.35. The molecule has 0 bridgehead atoms. The molecule has 41 heavy (non-hydrogen) atoms. The van der Waals surface area contributed by atoms with E-state index in [2.05, 4.69) is 74.4 Å². The van der Waals surface area contributed by atoms with Crippen LogP contribution in [-0.2, 0) is 6.54 Å². The lowest BCUT2D eigenvalue weighted by atomic mass is 10.0. The predicted octanol–water partition coefficient (Wildman–Crippen LogP) is 6.05. The Morgan fingerprint density at radius 1 is 1.05 bits per heavy atom. The van der Waals surface area contributed by atoms with Crippen LogP contribution in [0.5, 0.6) is 0 Å². The number of carbonyl (C=O) groups is 2. The van der Waals surface area contributed by atoms with E-state index in [-0.39, 0.29) is 17.6 Å². The van der Waals surface area contributed by atoms with Gasteiger partial charge in [-0.25, -0.2) is 0 Å². The summed E-state index contributed by atoms with van der Waals surface area (Å²) in [6.07, 6.45) is 9.09. The summed E-state index contributed by atoms with van der Waals surface area (Å²) in [5, 5.41) is 3.34. The number of allylic oxidation sites excluding steroid dienone is 3. The summed E-state index contributed by atoms with van der Waals surface area (Å²) in [4.78, 5) is 33.9. The van der Waals surface area contributed by atoms with Gasteiger partial charge in [0.25, 0.3) is 11.8 Å². The fourth-order valence-corrected chi connectivity index (χ4v) is 6.14. The average Bonchev–Trinajstić information content (AvgIpc) is 3.67. The number of benzene rings is 2. The van der Waals surface area contributed by atoms with Gasteiger partial charge in [-0.3, -0.25) is 22.5 Å². The predicted molar refractivity (Wildman–Crippen MR) is 170 cm³/mol. The van der Waals surface area contributed by atoms with Gasteiger partial charge in [-0.2, -0.15) is 0 Å². The average molecular weight is 664 g/mol. The third-order valence-corrected chi connectivity index (χ3v) is 9.03. The Kier molecular flexibility index (Phi) is 7.90. The molecule has 1 aliphatic carbocycles. The molecule has 2 aliphatic heterocycles. The van der Waals surface area contributed by atoms with E-state index in [1.54, 1.807) is 14.1 Å². The minimum atomic E-state index is -0.239. The third-order valence-electron chi connectivity index (χ3n) is 8.11. The van der Waals surface area contributed by atoms with Crippen LogP contribution < -0.4 is 10.2 Å². The minimum Gasteiger partial charge on any atom is -0.457 e. The van der Waals surface area contributed by atoms with Crippen LogP contribution in [-0.4, -0.2) is 64.0 Å². The van der Waals surface area contributed by atoms with Crippen LogP contribution in [0.3, 0.4) is 0 Å². The molecule has 0 unspecified atom stereocenters. The second-order valence-electron chi connectivity index (χ2n) is 10.9. The van der Waals surface area contributed by atoms with Crippen molar-refractivity contribution in [3.63, 3.8) is 0 Å². The number of nitrogens with zero attached hydrogens (tertiary/aromatic N) is 4. The topological polar surface area (TPSA) is 72.3 Å². The van der Waals surface area contributed by atoms with Crippen LogP contribution in [0.2, 0.25) is 0 Å². The Morgan fingerprint density at radius 3 is 2.66 bits per heavy atom. The van der Waals surface area contributed by atoms with E-state index in [1.165, 1.54) is 12.0 Å². The van der Waals surface area contributed by atoms with Gasteiger partial charge in [0.2, 0.25) is 5.76 Å². The van der Waals surface area contributed by atoms with Gasteiger partial charge in [0.05, 0.1) is 52.7 Å². The molecule has 2 amide bonds. The maximum Gasteiger partial charge on any atom is 0.296 e. The number of carbonyl (C=O) groups excluding carboxylic acids is 2. The fraction of sp³-hybridized carbons (Fsp3) is 0.312. The first-order valence-electron chi connectivity index (χ1n) is 14.0. The van der Waals surface area contributed by atoms with E-state index in [0.717, 1.165) is 61.5 Å². The molecule has 6 rings (SSSR count). The van der Waals surface area contributed by atoms with Crippen molar-refractivity contribution in [2.45, 2.75) is 26.8 Å². The van der Waals surface area contributed by atoms with Crippen LogP contribution in [0.1, 0.15) is 44.0 Å². The number of hydrogen-bond acceptors (Lipinski definition) is 6. The molecule has 8 nitrogen and oxygen atoms in total. The molecular formula is C32H34IN5O3. The smallest absolute Gasteiger partial charge is 0.296 e. The zero-order valence-electron chi connectivity index (χ0n) is 23.4. The molecule has 0 radical (unpaired) electrons. The molecule has 1 fully saturated rings. The fourth-order valence-electron chi connectivity index (χ4n) is 5.64. The maximum atomic E-state index is 13.7. The molecule has 212 valence electrons. The van der Waals surface area contributed by atoms with Gasteiger partial charge in [-0.15, -0.1) is 0 Å². The summed E-state index contributed by atoms with van der Waals surface area (Å²) in [5.41, 5.74) is 7.26. The highest BCUT2D eigenvalue weighted by molar-refractivity contribution is 14.1. The molecule has 0 spiro atoms. The van der Waals surface area contributed by atoms with Gasteiger partial charge in [0.1, 0.15) is 0 Å². The molecule has 1 N–H and O–H groups in total. The summed E-state index contributed by atoms with van der Waals surface area (Å²) in [7, 11) is 0. The van der Waals surface area contributed by atoms with Crippen LogP contribution >= 0.6 is 22.9 Å². The van der Waals surface area contributed by atoms with Crippen molar-refractivity contribution in [2.75, 3.05) is 49.5 Å². The summed E-state index contributed by atoms with van der Waals surface area (Å²) in [6.45, 7) is 9.92. The van der Waals surface area contributed by atoms with Crippen molar-refractivity contribution >= 4 is 51.7 Å². The van der Waals surface area contributed by atoms with Gasteiger partial charge in [-0.1, -0.05) is 35.9 Å². The van der Waals surface area contributed by atoms with Crippen molar-refractivity contribution in [1.82, 2.24) is 12.9 Å². The van der Waals surface area contributed by atoms with E-state index < -0.39 is 0 Å². The Balaban J connectivity index is 1.18. The number of rotatable bonds is 7.